The summed E-state index contributed by atoms with van der Waals surface area (Å²) in [6, 6.07) is 6.35. The molecule has 1 N–H and O–H groups in total. The summed E-state index contributed by atoms with van der Waals surface area (Å²) >= 11 is 3.27. The van der Waals surface area contributed by atoms with Crippen LogP contribution >= 0.6 is 23.1 Å². The van der Waals surface area contributed by atoms with E-state index >= 15 is 0 Å². The van der Waals surface area contributed by atoms with E-state index in [4.69, 9.17) is 0 Å². The fourth-order valence-electron chi connectivity index (χ4n) is 1.80. The van der Waals surface area contributed by atoms with Crippen molar-refractivity contribution >= 4 is 34.0 Å². The first-order valence-electron chi connectivity index (χ1n) is 5.23. The van der Waals surface area contributed by atoms with Crippen LogP contribution in [0.4, 0.5) is 0 Å². The topological polar surface area (TPSA) is 41.6 Å². The summed E-state index contributed by atoms with van der Waals surface area (Å²) in [7, 11) is 0. The Balaban J connectivity index is 2.13. The lowest BCUT2D eigenvalue weighted by molar-refractivity contribution is 1.02. The number of hydrogen-bond donors (Lipinski definition) is 1. The van der Waals surface area contributed by atoms with Gasteiger partial charge in [-0.05, 0) is 36.9 Å². The first kappa shape index (κ1) is 10.8. The van der Waals surface area contributed by atoms with E-state index in [0.29, 0.717) is 0 Å². The minimum Gasteiger partial charge on any atom is -0.361 e. The Morgan fingerprint density at radius 2 is 2.18 bits per heavy atom. The fraction of sp³-hybridized carbons (Fsp3) is 0.167. The van der Waals surface area contributed by atoms with Crippen LogP contribution in [0.15, 0.2) is 28.7 Å². The van der Waals surface area contributed by atoms with Gasteiger partial charge < -0.3 is 4.98 Å². The van der Waals surface area contributed by atoms with Gasteiger partial charge in [0.05, 0.1) is 0 Å². The van der Waals surface area contributed by atoms with Crippen LogP contribution in [-0.4, -0.2) is 21.4 Å². The monoisotopic (exact) mass is 261 g/mol. The SMILES string of the molecule is CSc1nnc(-c2ccc3[nH]cc(C)c3c2)s1. The summed E-state index contributed by atoms with van der Waals surface area (Å²) in [5, 5.41) is 10.6. The third-order valence-electron chi connectivity index (χ3n) is 2.72. The van der Waals surface area contributed by atoms with Crippen LogP contribution in [0.2, 0.25) is 0 Å². The van der Waals surface area contributed by atoms with Crippen LogP contribution in [0.1, 0.15) is 5.56 Å². The molecule has 2 aromatic heterocycles. The Bertz CT molecular complexity index is 669. The predicted molar refractivity (Wildman–Crippen MR) is 73.7 cm³/mol. The number of rotatable bonds is 2. The van der Waals surface area contributed by atoms with Crippen molar-refractivity contribution in [1.29, 1.82) is 0 Å². The fourth-order valence-corrected chi connectivity index (χ4v) is 3.07. The average molecular weight is 261 g/mol. The number of aryl methyl sites for hydroxylation is 1. The Labute approximate surface area is 107 Å². The van der Waals surface area contributed by atoms with E-state index in [1.807, 2.05) is 12.5 Å². The zero-order chi connectivity index (χ0) is 11.8. The van der Waals surface area contributed by atoms with Crippen LogP contribution < -0.4 is 0 Å². The molecule has 86 valence electrons. The molecule has 1 aromatic carbocycles. The van der Waals surface area contributed by atoms with Crippen molar-refractivity contribution in [3.8, 4) is 10.6 Å². The van der Waals surface area contributed by atoms with E-state index < -0.39 is 0 Å². The van der Waals surface area contributed by atoms with E-state index in [0.717, 1.165) is 14.9 Å². The number of benzene rings is 1. The highest BCUT2D eigenvalue weighted by Crippen LogP contribution is 2.30. The molecule has 3 rings (SSSR count). The first-order valence-corrected chi connectivity index (χ1v) is 7.27. The van der Waals surface area contributed by atoms with E-state index in [2.05, 4.69) is 40.3 Å². The van der Waals surface area contributed by atoms with Gasteiger partial charge in [0.25, 0.3) is 0 Å². The molecule has 17 heavy (non-hydrogen) atoms. The van der Waals surface area contributed by atoms with E-state index in [1.54, 1.807) is 23.1 Å². The number of aromatic nitrogens is 3. The third-order valence-corrected chi connectivity index (χ3v) is 4.66. The standard InChI is InChI=1S/C12H11N3S2/c1-7-6-13-10-4-3-8(5-9(7)10)11-14-15-12(16-2)17-11/h3-6,13H,1-2H3. The van der Waals surface area contributed by atoms with Gasteiger partial charge in [-0.1, -0.05) is 23.1 Å². The van der Waals surface area contributed by atoms with E-state index in [1.165, 1.54) is 16.5 Å². The number of nitrogens with zero attached hydrogens (tertiary/aromatic N) is 2. The van der Waals surface area contributed by atoms with Gasteiger partial charge in [-0.2, -0.15) is 0 Å². The molecular weight excluding hydrogens is 250 g/mol. The van der Waals surface area contributed by atoms with Gasteiger partial charge in [0.2, 0.25) is 0 Å². The molecule has 0 atom stereocenters. The number of fused-ring (bicyclic) bond motifs is 1. The molecule has 0 fully saturated rings. The molecule has 0 aliphatic heterocycles. The van der Waals surface area contributed by atoms with Crippen molar-refractivity contribution in [3.05, 3.63) is 30.0 Å². The highest BCUT2D eigenvalue weighted by Gasteiger charge is 2.08. The third kappa shape index (κ3) is 1.85. The second kappa shape index (κ2) is 4.16. The van der Waals surface area contributed by atoms with Crippen LogP contribution in [0.25, 0.3) is 21.5 Å². The first-order chi connectivity index (χ1) is 8.28. The Kier molecular flexibility index (Phi) is 2.64. The van der Waals surface area contributed by atoms with Gasteiger partial charge in [0, 0.05) is 22.7 Å². The van der Waals surface area contributed by atoms with Gasteiger partial charge in [0.1, 0.15) is 5.01 Å². The van der Waals surface area contributed by atoms with E-state index in [-0.39, 0.29) is 0 Å². The van der Waals surface area contributed by atoms with Crippen LogP contribution in [-0.2, 0) is 0 Å². The zero-order valence-electron chi connectivity index (χ0n) is 9.52. The lowest BCUT2D eigenvalue weighted by Crippen LogP contribution is -1.77. The van der Waals surface area contributed by atoms with Crippen molar-refractivity contribution in [2.75, 3.05) is 6.26 Å². The molecule has 3 nitrogen and oxygen atoms in total. The summed E-state index contributed by atoms with van der Waals surface area (Å²) < 4.78 is 1.01. The lowest BCUT2D eigenvalue weighted by Gasteiger charge is -1.96. The van der Waals surface area contributed by atoms with Crippen LogP contribution in [0.5, 0.6) is 0 Å². The highest BCUT2D eigenvalue weighted by molar-refractivity contribution is 8.00. The minimum absolute atomic E-state index is 0.983. The minimum atomic E-state index is 0.983. The molecule has 0 aliphatic rings. The normalized spacial score (nSPS) is 11.2. The lowest BCUT2D eigenvalue weighted by atomic mass is 10.1. The molecule has 0 unspecified atom stereocenters. The summed E-state index contributed by atoms with van der Waals surface area (Å²) in [6.45, 7) is 2.11. The van der Waals surface area contributed by atoms with Crippen molar-refractivity contribution in [3.63, 3.8) is 0 Å². The van der Waals surface area contributed by atoms with Gasteiger partial charge in [-0.3, -0.25) is 0 Å². The highest BCUT2D eigenvalue weighted by atomic mass is 32.2. The number of aromatic amines is 1. The largest absolute Gasteiger partial charge is 0.361 e. The Morgan fingerprint density at radius 3 is 2.94 bits per heavy atom. The van der Waals surface area contributed by atoms with Crippen molar-refractivity contribution in [1.82, 2.24) is 15.2 Å². The molecule has 0 saturated carbocycles. The summed E-state index contributed by atoms with van der Waals surface area (Å²) in [6.07, 6.45) is 4.05. The van der Waals surface area contributed by atoms with Gasteiger partial charge >= 0.3 is 0 Å². The molecule has 0 bridgehead atoms. The molecule has 0 spiro atoms. The molecule has 0 aliphatic carbocycles. The second-order valence-electron chi connectivity index (χ2n) is 3.81. The van der Waals surface area contributed by atoms with Gasteiger partial charge in [-0.25, -0.2) is 0 Å². The number of nitrogens with one attached hydrogen (secondary N) is 1. The molecule has 5 heteroatoms. The van der Waals surface area contributed by atoms with Gasteiger partial charge in [0.15, 0.2) is 4.34 Å². The predicted octanol–water partition coefficient (Wildman–Crippen LogP) is 3.72. The molecule has 0 amide bonds. The Morgan fingerprint density at radius 1 is 1.29 bits per heavy atom. The van der Waals surface area contributed by atoms with Crippen molar-refractivity contribution in [2.45, 2.75) is 11.3 Å². The molecule has 0 saturated heterocycles. The summed E-state index contributed by atoms with van der Waals surface area (Å²) in [5.74, 6) is 0. The molecule has 3 aromatic rings. The Hall–Kier alpha value is -1.33. The molecule has 0 radical (unpaired) electrons. The van der Waals surface area contributed by atoms with Gasteiger partial charge in [-0.15, -0.1) is 10.2 Å². The zero-order valence-corrected chi connectivity index (χ0v) is 11.2. The maximum absolute atomic E-state index is 4.22. The smallest absolute Gasteiger partial charge is 0.174 e. The second-order valence-corrected chi connectivity index (χ2v) is 5.84. The maximum Gasteiger partial charge on any atom is 0.174 e. The summed E-state index contributed by atoms with van der Waals surface area (Å²) in [4.78, 5) is 3.25. The maximum atomic E-state index is 4.22. The molecule has 2 heterocycles. The van der Waals surface area contributed by atoms with Crippen LogP contribution in [0, 0.1) is 6.92 Å². The number of H-pyrrole nitrogens is 1. The van der Waals surface area contributed by atoms with E-state index in [9.17, 15) is 0 Å². The van der Waals surface area contributed by atoms with Crippen molar-refractivity contribution < 1.29 is 0 Å². The molecular formula is C12H11N3S2. The number of thioether (sulfide) groups is 1. The van der Waals surface area contributed by atoms with Crippen LogP contribution in [0.3, 0.4) is 0 Å². The van der Waals surface area contributed by atoms with Crippen molar-refractivity contribution in [2.24, 2.45) is 0 Å². The summed E-state index contributed by atoms with van der Waals surface area (Å²) in [5.41, 5.74) is 3.57. The quantitative estimate of drug-likeness (QED) is 0.715. The number of hydrogen-bond acceptors (Lipinski definition) is 4. The average Bonchev–Trinajstić information content (AvgIpc) is 2.96.